The molecule has 0 saturated heterocycles. The summed E-state index contributed by atoms with van der Waals surface area (Å²) in [4.78, 5) is 4.12. The van der Waals surface area contributed by atoms with E-state index in [1.54, 1.807) is 28.9 Å². The van der Waals surface area contributed by atoms with Crippen LogP contribution >= 0.6 is 35.0 Å². The number of rotatable bonds is 5. The van der Waals surface area contributed by atoms with Gasteiger partial charge in [0.2, 0.25) is 0 Å². The van der Waals surface area contributed by atoms with Gasteiger partial charge in [-0.1, -0.05) is 59.2 Å². The van der Waals surface area contributed by atoms with E-state index >= 15 is 0 Å². The Kier molecular flexibility index (Phi) is 6.37. The minimum absolute atomic E-state index is 0.00917. The second kappa shape index (κ2) is 8.59. The van der Waals surface area contributed by atoms with E-state index in [2.05, 4.69) is 10.1 Å². The van der Waals surface area contributed by atoms with Gasteiger partial charge in [-0.2, -0.15) is 18.3 Å². The summed E-state index contributed by atoms with van der Waals surface area (Å²) in [5, 5.41) is 5.18. The Morgan fingerprint density at radius 3 is 2.29 bits per heavy atom. The lowest BCUT2D eigenvalue weighted by Gasteiger charge is -2.18. The number of aromatic nitrogens is 3. The van der Waals surface area contributed by atoms with Crippen LogP contribution in [-0.4, -0.2) is 27.2 Å². The lowest BCUT2D eigenvalue weighted by molar-refractivity contribution is -0.139. The summed E-state index contributed by atoms with van der Waals surface area (Å²) >= 11 is 13.2. The van der Waals surface area contributed by atoms with Gasteiger partial charge in [0.15, 0.2) is 5.16 Å². The second-order valence-corrected chi connectivity index (χ2v) is 7.48. The molecule has 1 atom stereocenters. The highest BCUT2D eigenvalue weighted by atomic mass is 35.5. The second-order valence-electron chi connectivity index (χ2n) is 5.83. The van der Waals surface area contributed by atoms with E-state index in [0.29, 0.717) is 5.56 Å². The van der Waals surface area contributed by atoms with Crippen molar-refractivity contribution < 1.29 is 13.2 Å². The average molecular weight is 444 g/mol. The van der Waals surface area contributed by atoms with Crippen molar-refractivity contribution in [2.75, 3.05) is 6.26 Å². The largest absolute Gasteiger partial charge is 0.399 e. The molecule has 0 amide bonds. The van der Waals surface area contributed by atoms with E-state index in [1.165, 1.54) is 42.4 Å². The predicted molar refractivity (Wildman–Crippen MR) is 107 cm³/mol. The van der Waals surface area contributed by atoms with Gasteiger partial charge >= 0.3 is 6.18 Å². The molecule has 3 nitrogen and oxygen atoms in total. The van der Waals surface area contributed by atoms with Gasteiger partial charge in [-0.25, -0.2) is 9.67 Å². The summed E-state index contributed by atoms with van der Waals surface area (Å²) in [5.41, 5.74) is 1.38. The molecule has 0 fully saturated rings. The van der Waals surface area contributed by atoms with Crippen LogP contribution < -0.4 is 0 Å². The van der Waals surface area contributed by atoms with Crippen molar-refractivity contribution in [3.63, 3.8) is 0 Å². The fourth-order valence-corrected chi connectivity index (χ4v) is 3.67. The SMILES string of the molecule is CSc1ncnn1-c1ccc(C=CC(c2cc(Cl)cc(Cl)c2)C(F)(F)F)cc1. The Bertz CT molecular complexity index is 965. The van der Waals surface area contributed by atoms with Crippen LogP contribution in [-0.2, 0) is 0 Å². The topological polar surface area (TPSA) is 30.7 Å². The predicted octanol–water partition coefficient (Wildman–Crippen LogP) is 6.66. The lowest BCUT2D eigenvalue weighted by atomic mass is 9.97. The molecule has 0 aliphatic rings. The Hall–Kier alpha value is -1.96. The number of allylic oxidation sites excluding steroid dienone is 1. The van der Waals surface area contributed by atoms with Crippen LogP contribution in [0.25, 0.3) is 11.8 Å². The number of alkyl halides is 3. The normalized spacial score (nSPS) is 13.2. The first kappa shape index (κ1) is 20.8. The van der Waals surface area contributed by atoms with Crippen molar-refractivity contribution in [1.29, 1.82) is 0 Å². The number of benzene rings is 2. The third kappa shape index (κ3) is 4.90. The molecule has 0 bridgehead atoms. The van der Waals surface area contributed by atoms with E-state index in [-0.39, 0.29) is 15.6 Å². The van der Waals surface area contributed by atoms with Crippen molar-refractivity contribution in [1.82, 2.24) is 14.8 Å². The fraction of sp³-hybridized carbons (Fsp3) is 0.158. The average Bonchev–Trinajstić information content (AvgIpc) is 3.09. The Balaban J connectivity index is 1.87. The van der Waals surface area contributed by atoms with Crippen LogP contribution in [0.4, 0.5) is 13.2 Å². The summed E-state index contributed by atoms with van der Waals surface area (Å²) in [6.45, 7) is 0. The smallest absolute Gasteiger partial charge is 0.209 e. The molecular weight excluding hydrogens is 430 g/mol. The third-order valence-corrected chi connectivity index (χ3v) is 4.99. The maximum Gasteiger partial charge on any atom is 0.399 e. The van der Waals surface area contributed by atoms with E-state index in [9.17, 15) is 13.2 Å². The number of thioether (sulfide) groups is 1. The van der Waals surface area contributed by atoms with E-state index in [1.807, 2.05) is 6.26 Å². The van der Waals surface area contributed by atoms with E-state index in [0.717, 1.165) is 16.9 Å². The quantitative estimate of drug-likeness (QED) is 0.413. The first-order valence-electron chi connectivity index (χ1n) is 8.03. The maximum atomic E-state index is 13.5. The van der Waals surface area contributed by atoms with Gasteiger partial charge in [0.05, 0.1) is 11.6 Å². The fourth-order valence-electron chi connectivity index (χ4n) is 2.65. The first-order chi connectivity index (χ1) is 13.3. The minimum Gasteiger partial charge on any atom is -0.209 e. The molecule has 0 N–H and O–H groups in total. The molecular formula is C19H14Cl2F3N3S. The zero-order valence-corrected chi connectivity index (χ0v) is 16.8. The van der Waals surface area contributed by atoms with Crippen molar-refractivity contribution in [3.05, 3.63) is 76.0 Å². The Morgan fingerprint density at radius 2 is 1.71 bits per heavy atom. The first-order valence-corrected chi connectivity index (χ1v) is 10.0. The molecule has 3 aromatic rings. The Labute approximate surface area is 174 Å². The van der Waals surface area contributed by atoms with Crippen LogP contribution in [0, 0.1) is 0 Å². The summed E-state index contributed by atoms with van der Waals surface area (Å²) in [6.07, 6.45) is 1.38. The lowest BCUT2D eigenvalue weighted by Crippen LogP contribution is -2.18. The zero-order chi connectivity index (χ0) is 20.3. The summed E-state index contributed by atoms with van der Waals surface area (Å²) < 4.78 is 42.3. The standard InChI is InChI=1S/C19H14Cl2F3N3S/c1-28-18-25-11-26-27(18)16-5-2-12(3-6-16)4-7-17(19(22,23)24)13-8-14(20)10-15(21)9-13/h2-11,17H,1H3. The van der Waals surface area contributed by atoms with E-state index in [4.69, 9.17) is 23.2 Å². The van der Waals surface area contributed by atoms with Crippen LogP contribution in [0.15, 0.2) is 60.0 Å². The van der Waals surface area contributed by atoms with Crippen LogP contribution in [0.2, 0.25) is 10.0 Å². The summed E-state index contributed by atoms with van der Waals surface area (Å²) in [6, 6.07) is 10.9. The molecule has 146 valence electrons. The molecule has 0 aliphatic heterocycles. The highest BCUT2D eigenvalue weighted by Crippen LogP contribution is 2.38. The maximum absolute atomic E-state index is 13.5. The van der Waals surface area contributed by atoms with Crippen molar-refractivity contribution in [3.8, 4) is 5.69 Å². The summed E-state index contributed by atoms with van der Waals surface area (Å²) in [7, 11) is 0. The van der Waals surface area contributed by atoms with Crippen LogP contribution in [0.3, 0.4) is 0 Å². The van der Waals surface area contributed by atoms with Gasteiger partial charge in [0.25, 0.3) is 0 Å². The van der Waals surface area contributed by atoms with Gasteiger partial charge in [-0.3, -0.25) is 0 Å². The molecule has 0 radical (unpaired) electrons. The monoisotopic (exact) mass is 443 g/mol. The van der Waals surface area contributed by atoms with Crippen LogP contribution in [0.5, 0.6) is 0 Å². The highest BCUT2D eigenvalue weighted by Gasteiger charge is 2.39. The van der Waals surface area contributed by atoms with Gasteiger partial charge < -0.3 is 0 Å². The number of halogens is 5. The molecule has 0 spiro atoms. The molecule has 1 aromatic heterocycles. The molecule has 1 unspecified atom stereocenters. The molecule has 9 heteroatoms. The Morgan fingerprint density at radius 1 is 1.07 bits per heavy atom. The van der Waals surface area contributed by atoms with Crippen molar-refractivity contribution in [2.45, 2.75) is 17.3 Å². The molecule has 2 aromatic carbocycles. The number of hydrogen-bond donors (Lipinski definition) is 0. The third-order valence-electron chi connectivity index (χ3n) is 3.91. The van der Waals surface area contributed by atoms with Gasteiger partial charge in [-0.05, 0) is 47.7 Å². The van der Waals surface area contributed by atoms with E-state index < -0.39 is 12.1 Å². The number of nitrogens with zero attached hydrogens (tertiary/aromatic N) is 3. The zero-order valence-electron chi connectivity index (χ0n) is 14.5. The highest BCUT2D eigenvalue weighted by molar-refractivity contribution is 7.98. The van der Waals surface area contributed by atoms with Gasteiger partial charge in [0, 0.05) is 10.0 Å². The van der Waals surface area contributed by atoms with Crippen molar-refractivity contribution >= 4 is 41.0 Å². The summed E-state index contributed by atoms with van der Waals surface area (Å²) in [5.74, 6) is -1.82. The molecule has 1 heterocycles. The van der Waals surface area contributed by atoms with Gasteiger partial charge in [0.1, 0.15) is 6.33 Å². The molecule has 0 saturated carbocycles. The molecule has 28 heavy (non-hydrogen) atoms. The number of hydrogen-bond acceptors (Lipinski definition) is 3. The van der Waals surface area contributed by atoms with Crippen molar-refractivity contribution in [2.24, 2.45) is 0 Å². The molecule has 3 rings (SSSR count). The van der Waals surface area contributed by atoms with Crippen LogP contribution in [0.1, 0.15) is 17.0 Å². The molecule has 0 aliphatic carbocycles. The minimum atomic E-state index is -4.47. The van der Waals surface area contributed by atoms with Gasteiger partial charge in [-0.15, -0.1) is 0 Å².